The lowest BCUT2D eigenvalue weighted by molar-refractivity contribution is 0.181. The van der Waals surface area contributed by atoms with Crippen LogP contribution in [0.3, 0.4) is 0 Å². The number of rotatable bonds is 9. The van der Waals surface area contributed by atoms with Gasteiger partial charge in [-0.05, 0) is 25.2 Å². The highest BCUT2D eigenvalue weighted by Crippen LogP contribution is 2.06. The van der Waals surface area contributed by atoms with Gasteiger partial charge in [-0.1, -0.05) is 40.0 Å². The molecule has 0 aromatic heterocycles. The Balaban J connectivity index is 2.84. The summed E-state index contributed by atoms with van der Waals surface area (Å²) in [5, 5.41) is 0. The molecule has 0 spiro atoms. The van der Waals surface area contributed by atoms with E-state index in [1.807, 2.05) is 6.61 Å². The molecule has 0 aromatic carbocycles. The van der Waals surface area contributed by atoms with Crippen molar-refractivity contribution in [2.24, 2.45) is 5.92 Å². The van der Waals surface area contributed by atoms with Crippen molar-refractivity contribution in [2.75, 3.05) is 6.61 Å². The second kappa shape index (κ2) is 10.0. The molecule has 0 saturated carbocycles. The van der Waals surface area contributed by atoms with Crippen LogP contribution in [0, 0.1) is 12.5 Å². The Labute approximate surface area is 83.9 Å². The second-order valence-corrected chi connectivity index (χ2v) is 4.07. The zero-order chi connectivity index (χ0) is 9.94. The molecule has 0 bridgehead atoms. The maximum absolute atomic E-state index is 5.41. The summed E-state index contributed by atoms with van der Waals surface area (Å²) in [5.74, 6) is 0.809. The molecule has 0 heterocycles. The zero-order valence-electron chi connectivity index (χ0n) is 9.51. The minimum absolute atomic E-state index is 0.809. The van der Waals surface area contributed by atoms with Crippen molar-refractivity contribution in [2.45, 2.75) is 59.3 Å². The van der Waals surface area contributed by atoms with E-state index in [0.29, 0.717) is 0 Å². The molecule has 0 aromatic rings. The summed E-state index contributed by atoms with van der Waals surface area (Å²) < 4.78 is 5.41. The molecule has 0 aliphatic carbocycles. The van der Waals surface area contributed by atoms with Crippen molar-refractivity contribution in [1.29, 1.82) is 0 Å². The first-order valence-electron chi connectivity index (χ1n) is 5.70. The summed E-state index contributed by atoms with van der Waals surface area (Å²) in [5.41, 5.74) is 0. The third-order valence-electron chi connectivity index (χ3n) is 2.09. The molecule has 0 aliphatic rings. The highest BCUT2D eigenvalue weighted by atomic mass is 16.5. The van der Waals surface area contributed by atoms with Gasteiger partial charge in [-0.25, -0.2) is 0 Å². The van der Waals surface area contributed by atoms with Crippen LogP contribution in [0.1, 0.15) is 59.3 Å². The van der Waals surface area contributed by atoms with Gasteiger partial charge in [0.15, 0.2) is 0 Å². The van der Waals surface area contributed by atoms with Gasteiger partial charge in [0.2, 0.25) is 0 Å². The van der Waals surface area contributed by atoms with Crippen LogP contribution >= 0.6 is 0 Å². The molecule has 1 nitrogen and oxygen atoms in total. The van der Waals surface area contributed by atoms with E-state index in [9.17, 15) is 0 Å². The maximum atomic E-state index is 5.41. The van der Waals surface area contributed by atoms with Gasteiger partial charge in [0, 0.05) is 6.61 Å². The molecule has 13 heavy (non-hydrogen) atoms. The third kappa shape index (κ3) is 12.0. The summed E-state index contributed by atoms with van der Waals surface area (Å²) >= 11 is 0. The van der Waals surface area contributed by atoms with Crippen LogP contribution in [-0.2, 0) is 4.74 Å². The van der Waals surface area contributed by atoms with Gasteiger partial charge in [0.05, 0.1) is 6.61 Å². The largest absolute Gasteiger partial charge is 0.376 e. The molecule has 79 valence electrons. The molecule has 1 radical (unpaired) electrons. The zero-order valence-corrected chi connectivity index (χ0v) is 9.51. The van der Waals surface area contributed by atoms with E-state index in [4.69, 9.17) is 4.74 Å². The van der Waals surface area contributed by atoms with E-state index in [2.05, 4.69) is 20.8 Å². The smallest absolute Gasteiger partial charge is 0.0836 e. The van der Waals surface area contributed by atoms with Crippen molar-refractivity contribution in [3.05, 3.63) is 6.61 Å². The van der Waals surface area contributed by atoms with Crippen LogP contribution in [0.15, 0.2) is 0 Å². The van der Waals surface area contributed by atoms with E-state index < -0.39 is 0 Å². The highest BCUT2D eigenvalue weighted by Gasteiger charge is 1.94. The van der Waals surface area contributed by atoms with E-state index in [1.54, 1.807) is 0 Å². The Morgan fingerprint density at radius 1 is 1.15 bits per heavy atom. The van der Waals surface area contributed by atoms with Crippen LogP contribution in [0.2, 0.25) is 0 Å². The first-order chi connectivity index (χ1) is 6.27. The van der Waals surface area contributed by atoms with Crippen LogP contribution in [0.4, 0.5) is 0 Å². The quantitative estimate of drug-likeness (QED) is 0.490. The number of hydrogen-bond acceptors (Lipinski definition) is 1. The molecule has 0 unspecified atom stereocenters. The van der Waals surface area contributed by atoms with Crippen LogP contribution < -0.4 is 0 Å². The SMILES string of the molecule is CCCCC[CH]OCCCC(C)C. The van der Waals surface area contributed by atoms with E-state index in [1.165, 1.54) is 32.1 Å². The fourth-order valence-electron chi connectivity index (χ4n) is 1.22. The normalized spacial score (nSPS) is 11.1. The average Bonchev–Trinajstić information content (AvgIpc) is 2.09. The average molecular weight is 185 g/mol. The lowest BCUT2D eigenvalue weighted by Gasteiger charge is -2.05. The van der Waals surface area contributed by atoms with Crippen molar-refractivity contribution in [1.82, 2.24) is 0 Å². The van der Waals surface area contributed by atoms with Gasteiger partial charge < -0.3 is 4.74 Å². The summed E-state index contributed by atoms with van der Waals surface area (Å²) in [4.78, 5) is 0. The van der Waals surface area contributed by atoms with E-state index in [0.717, 1.165) is 18.9 Å². The molecule has 0 amide bonds. The topological polar surface area (TPSA) is 9.23 Å². The van der Waals surface area contributed by atoms with E-state index >= 15 is 0 Å². The minimum Gasteiger partial charge on any atom is -0.376 e. The van der Waals surface area contributed by atoms with Gasteiger partial charge in [-0.3, -0.25) is 0 Å². The van der Waals surface area contributed by atoms with E-state index in [-0.39, 0.29) is 0 Å². The summed E-state index contributed by atoms with van der Waals surface area (Å²) in [6, 6.07) is 0. The number of hydrogen-bond donors (Lipinski definition) is 0. The molecule has 0 rings (SSSR count). The Morgan fingerprint density at radius 3 is 2.54 bits per heavy atom. The van der Waals surface area contributed by atoms with Crippen LogP contribution in [-0.4, -0.2) is 6.61 Å². The third-order valence-corrected chi connectivity index (χ3v) is 2.09. The summed E-state index contributed by atoms with van der Waals surface area (Å²) in [6.45, 7) is 9.62. The number of unbranched alkanes of at least 4 members (excludes halogenated alkanes) is 3. The van der Waals surface area contributed by atoms with Gasteiger partial charge in [-0.15, -0.1) is 0 Å². The molecule has 0 saturated heterocycles. The predicted octanol–water partition coefficient (Wildman–Crippen LogP) is 4.18. The molecule has 1 heteroatoms. The molecule has 0 atom stereocenters. The Morgan fingerprint density at radius 2 is 1.92 bits per heavy atom. The van der Waals surface area contributed by atoms with Gasteiger partial charge >= 0.3 is 0 Å². The fourth-order valence-corrected chi connectivity index (χ4v) is 1.22. The Kier molecular flexibility index (Phi) is 10.0. The lowest BCUT2D eigenvalue weighted by atomic mass is 10.1. The Bertz CT molecular complexity index is 89.1. The standard InChI is InChI=1S/C12H25O/c1-4-5-6-7-10-13-11-8-9-12(2)3/h10,12H,4-9,11H2,1-3H3. The predicted molar refractivity (Wildman–Crippen MR) is 58.5 cm³/mol. The van der Waals surface area contributed by atoms with Gasteiger partial charge in [0.25, 0.3) is 0 Å². The van der Waals surface area contributed by atoms with Crippen LogP contribution in [0.25, 0.3) is 0 Å². The number of ether oxygens (including phenoxy) is 1. The van der Waals surface area contributed by atoms with Crippen LogP contribution in [0.5, 0.6) is 0 Å². The molecule has 0 fully saturated rings. The van der Waals surface area contributed by atoms with Crippen molar-refractivity contribution < 1.29 is 4.74 Å². The lowest BCUT2D eigenvalue weighted by Crippen LogP contribution is -1.95. The van der Waals surface area contributed by atoms with Crippen molar-refractivity contribution in [3.63, 3.8) is 0 Å². The first kappa shape index (κ1) is 13.0. The second-order valence-electron chi connectivity index (χ2n) is 4.07. The van der Waals surface area contributed by atoms with Gasteiger partial charge in [-0.2, -0.15) is 0 Å². The maximum Gasteiger partial charge on any atom is 0.0836 e. The summed E-state index contributed by atoms with van der Waals surface area (Å²) in [6.07, 6.45) is 7.49. The molecular formula is C12H25O. The summed E-state index contributed by atoms with van der Waals surface area (Å²) in [7, 11) is 0. The fraction of sp³-hybridized carbons (Fsp3) is 0.917. The first-order valence-corrected chi connectivity index (χ1v) is 5.70. The monoisotopic (exact) mass is 185 g/mol. The van der Waals surface area contributed by atoms with Gasteiger partial charge in [0.1, 0.15) is 0 Å². The highest BCUT2D eigenvalue weighted by molar-refractivity contribution is 4.52. The van der Waals surface area contributed by atoms with Crippen molar-refractivity contribution >= 4 is 0 Å². The Hall–Kier alpha value is -0.0400. The molecule has 0 N–H and O–H groups in total. The minimum atomic E-state index is 0.809. The molecule has 0 aliphatic heterocycles. The van der Waals surface area contributed by atoms with Crippen molar-refractivity contribution in [3.8, 4) is 0 Å². The molecular weight excluding hydrogens is 160 g/mol.